The van der Waals surface area contributed by atoms with E-state index in [1.54, 1.807) is 6.07 Å². The Morgan fingerprint density at radius 2 is 2.06 bits per heavy atom. The van der Waals surface area contributed by atoms with Gasteiger partial charge in [-0.05, 0) is 49.4 Å². The summed E-state index contributed by atoms with van der Waals surface area (Å²) in [6, 6.07) is 5.35. The number of halogens is 1. The van der Waals surface area contributed by atoms with Gasteiger partial charge in [-0.3, -0.25) is 0 Å². The molecule has 1 fully saturated rings. The van der Waals surface area contributed by atoms with E-state index < -0.39 is 0 Å². The Morgan fingerprint density at radius 3 is 2.75 bits per heavy atom. The fourth-order valence-electron chi connectivity index (χ4n) is 2.45. The monoisotopic (exact) mass is 221 g/mol. The zero-order chi connectivity index (χ0) is 11.4. The van der Waals surface area contributed by atoms with Crippen LogP contribution < -0.4 is 5.32 Å². The molecule has 1 N–H and O–H groups in total. The van der Waals surface area contributed by atoms with E-state index in [-0.39, 0.29) is 5.82 Å². The average molecular weight is 221 g/mol. The summed E-state index contributed by atoms with van der Waals surface area (Å²) in [5, 5.41) is 3.47. The highest BCUT2D eigenvalue weighted by Gasteiger charge is 2.13. The normalized spacial score (nSPS) is 16.9. The van der Waals surface area contributed by atoms with Crippen LogP contribution in [-0.4, -0.2) is 6.54 Å². The lowest BCUT2D eigenvalue weighted by Crippen LogP contribution is -2.20. The van der Waals surface area contributed by atoms with Crippen LogP contribution in [0, 0.1) is 18.7 Å². The number of rotatable bonds is 4. The van der Waals surface area contributed by atoms with Crippen LogP contribution in [-0.2, 0) is 6.54 Å². The van der Waals surface area contributed by atoms with Gasteiger partial charge in [-0.2, -0.15) is 0 Å². The molecule has 0 aliphatic heterocycles. The Morgan fingerprint density at radius 1 is 1.31 bits per heavy atom. The largest absolute Gasteiger partial charge is 0.312 e. The highest BCUT2D eigenvalue weighted by molar-refractivity contribution is 5.23. The lowest BCUT2D eigenvalue weighted by molar-refractivity contribution is 0.489. The van der Waals surface area contributed by atoms with Crippen LogP contribution in [0.2, 0.25) is 0 Å². The Balaban J connectivity index is 1.78. The van der Waals surface area contributed by atoms with Crippen molar-refractivity contribution in [3.63, 3.8) is 0 Å². The maximum absolute atomic E-state index is 13.0. The smallest absolute Gasteiger partial charge is 0.126 e. The Kier molecular flexibility index (Phi) is 3.94. The molecule has 1 aliphatic carbocycles. The molecule has 0 radical (unpaired) electrons. The second-order valence-electron chi connectivity index (χ2n) is 4.86. The van der Waals surface area contributed by atoms with Crippen LogP contribution >= 0.6 is 0 Å². The first-order valence-corrected chi connectivity index (χ1v) is 6.21. The summed E-state index contributed by atoms with van der Waals surface area (Å²) in [6.07, 6.45) is 5.52. The summed E-state index contributed by atoms with van der Waals surface area (Å²) in [5.74, 6) is 0.751. The molecule has 2 heteroatoms. The quantitative estimate of drug-likeness (QED) is 0.821. The van der Waals surface area contributed by atoms with Gasteiger partial charge in [-0.15, -0.1) is 0 Å². The molecule has 88 valence electrons. The van der Waals surface area contributed by atoms with Gasteiger partial charge in [0.1, 0.15) is 5.82 Å². The third-order valence-corrected chi connectivity index (χ3v) is 3.46. The Bertz CT molecular complexity index is 343. The average Bonchev–Trinajstić information content (AvgIpc) is 2.76. The summed E-state index contributed by atoms with van der Waals surface area (Å²) in [6.45, 7) is 3.78. The lowest BCUT2D eigenvalue weighted by Gasteiger charge is -2.10. The molecule has 0 saturated heterocycles. The first-order valence-electron chi connectivity index (χ1n) is 6.21. The van der Waals surface area contributed by atoms with Crippen molar-refractivity contribution < 1.29 is 4.39 Å². The van der Waals surface area contributed by atoms with Crippen molar-refractivity contribution in [3.05, 3.63) is 35.1 Å². The first-order chi connectivity index (χ1) is 7.75. The fraction of sp³-hybridized carbons (Fsp3) is 0.571. The summed E-state index contributed by atoms with van der Waals surface area (Å²) in [4.78, 5) is 0. The minimum Gasteiger partial charge on any atom is -0.312 e. The zero-order valence-electron chi connectivity index (χ0n) is 9.93. The third-order valence-electron chi connectivity index (χ3n) is 3.46. The van der Waals surface area contributed by atoms with E-state index >= 15 is 0 Å². The summed E-state index contributed by atoms with van der Waals surface area (Å²) in [5.41, 5.74) is 1.91. The van der Waals surface area contributed by atoms with Crippen molar-refractivity contribution in [2.45, 2.75) is 39.2 Å². The molecule has 1 aromatic rings. The fourth-order valence-corrected chi connectivity index (χ4v) is 2.45. The zero-order valence-corrected chi connectivity index (χ0v) is 9.93. The molecule has 1 nitrogen and oxygen atoms in total. The number of hydrogen-bond donors (Lipinski definition) is 1. The maximum atomic E-state index is 13.0. The van der Waals surface area contributed by atoms with Crippen molar-refractivity contribution in [3.8, 4) is 0 Å². The second kappa shape index (κ2) is 5.44. The van der Waals surface area contributed by atoms with Gasteiger partial charge in [0.2, 0.25) is 0 Å². The van der Waals surface area contributed by atoms with Gasteiger partial charge in [0.25, 0.3) is 0 Å². The van der Waals surface area contributed by atoms with Crippen LogP contribution in [0.25, 0.3) is 0 Å². The van der Waals surface area contributed by atoms with Crippen LogP contribution in [0.1, 0.15) is 36.8 Å². The molecule has 2 rings (SSSR count). The molecule has 0 heterocycles. The van der Waals surface area contributed by atoms with Crippen LogP contribution in [0.5, 0.6) is 0 Å². The van der Waals surface area contributed by atoms with Crippen molar-refractivity contribution in [1.82, 2.24) is 5.32 Å². The van der Waals surface area contributed by atoms with Gasteiger partial charge in [-0.25, -0.2) is 4.39 Å². The molecule has 0 aromatic heterocycles. The standard InChI is InChI=1S/C14H20FN/c1-11-8-13(6-7-14(11)15)10-16-9-12-4-2-3-5-12/h6-8,12,16H,2-5,9-10H2,1H3. The van der Waals surface area contributed by atoms with Crippen LogP contribution in [0.15, 0.2) is 18.2 Å². The van der Waals surface area contributed by atoms with E-state index in [2.05, 4.69) is 5.32 Å². The number of aryl methyl sites for hydroxylation is 1. The summed E-state index contributed by atoms with van der Waals surface area (Å²) < 4.78 is 13.0. The number of nitrogens with one attached hydrogen (secondary N) is 1. The molecule has 0 bridgehead atoms. The molecular formula is C14H20FN. The van der Waals surface area contributed by atoms with E-state index in [0.29, 0.717) is 0 Å². The van der Waals surface area contributed by atoms with E-state index in [0.717, 1.165) is 24.6 Å². The highest BCUT2D eigenvalue weighted by Crippen LogP contribution is 2.23. The highest BCUT2D eigenvalue weighted by atomic mass is 19.1. The van der Waals surface area contributed by atoms with Gasteiger partial charge < -0.3 is 5.32 Å². The summed E-state index contributed by atoms with van der Waals surface area (Å²) >= 11 is 0. The Hall–Kier alpha value is -0.890. The molecule has 1 aliphatic rings. The predicted molar refractivity (Wildman–Crippen MR) is 64.8 cm³/mol. The van der Waals surface area contributed by atoms with Crippen molar-refractivity contribution in [2.24, 2.45) is 5.92 Å². The first kappa shape index (κ1) is 11.6. The van der Waals surface area contributed by atoms with Crippen LogP contribution in [0.4, 0.5) is 4.39 Å². The molecule has 1 aromatic carbocycles. The van der Waals surface area contributed by atoms with E-state index in [1.165, 1.54) is 31.2 Å². The van der Waals surface area contributed by atoms with E-state index in [9.17, 15) is 4.39 Å². The van der Waals surface area contributed by atoms with Gasteiger partial charge in [0.15, 0.2) is 0 Å². The lowest BCUT2D eigenvalue weighted by atomic mass is 10.1. The van der Waals surface area contributed by atoms with Crippen molar-refractivity contribution >= 4 is 0 Å². The molecule has 16 heavy (non-hydrogen) atoms. The predicted octanol–water partition coefficient (Wildman–Crippen LogP) is 3.41. The van der Waals surface area contributed by atoms with Gasteiger partial charge in [0, 0.05) is 6.54 Å². The number of benzene rings is 1. The van der Waals surface area contributed by atoms with Gasteiger partial charge in [-0.1, -0.05) is 25.0 Å². The van der Waals surface area contributed by atoms with Crippen molar-refractivity contribution in [2.75, 3.05) is 6.54 Å². The minimum atomic E-state index is -0.112. The topological polar surface area (TPSA) is 12.0 Å². The molecule has 0 unspecified atom stereocenters. The molecule has 0 amide bonds. The molecular weight excluding hydrogens is 201 g/mol. The van der Waals surface area contributed by atoms with Gasteiger partial charge in [0.05, 0.1) is 0 Å². The number of hydrogen-bond acceptors (Lipinski definition) is 1. The van der Waals surface area contributed by atoms with Crippen LogP contribution in [0.3, 0.4) is 0 Å². The van der Waals surface area contributed by atoms with Gasteiger partial charge >= 0.3 is 0 Å². The second-order valence-corrected chi connectivity index (χ2v) is 4.86. The Labute approximate surface area is 97.1 Å². The molecule has 0 atom stereocenters. The van der Waals surface area contributed by atoms with E-state index in [1.807, 2.05) is 19.1 Å². The van der Waals surface area contributed by atoms with E-state index in [4.69, 9.17) is 0 Å². The third kappa shape index (κ3) is 3.05. The SMILES string of the molecule is Cc1cc(CNCC2CCCC2)ccc1F. The molecule has 0 spiro atoms. The minimum absolute atomic E-state index is 0.112. The maximum Gasteiger partial charge on any atom is 0.126 e. The van der Waals surface area contributed by atoms with Crippen molar-refractivity contribution in [1.29, 1.82) is 0 Å². The molecule has 1 saturated carbocycles. The summed E-state index contributed by atoms with van der Waals surface area (Å²) in [7, 11) is 0.